The number of rotatable bonds is 2. The van der Waals surface area contributed by atoms with Gasteiger partial charge in [0.15, 0.2) is 5.54 Å². The maximum Gasteiger partial charge on any atom is 0.283 e. The van der Waals surface area contributed by atoms with Gasteiger partial charge in [-0.3, -0.25) is 0 Å². The summed E-state index contributed by atoms with van der Waals surface area (Å²) in [5.74, 6) is -0.418. The Balaban J connectivity index is 2.21. The van der Waals surface area contributed by atoms with E-state index in [-0.39, 0.29) is 22.7 Å². The fraction of sp³-hybridized carbons (Fsp3) is 0.417. The quantitative estimate of drug-likeness (QED) is 0.818. The molecule has 1 unspecified atom stereocenters. The smallest absolute Gasteiger partial charge is 0.283 e. The van der Waals surface area contributed by atoms with Crippen molar-refractivity contribution in [3.8, 4) is 0 Å². The molecule has 2 aliphatic rings. The highest BCUT2D eigenvalue weighted by Crippen LogP contribution is 2.56. The molecule has 0 amide bonds. The Morgan fingerprint density at radius 2 is 2.16 bits per heavy atom. The minimum absolute atomic E-state index is 0.207. The molecular formula is C12H12ClF2N3O. The van der Waals surface area contributed by atoms with E-state index in [0.29, 0.717) is 12.1 Å². The third kappa shape index (κ3) is 1.74. The molecule has 1 saturated carbocycles. The zero-order valence-corrected chi connectivity index (χ0v) is 10.6. The lowest BCUT2D eigenvalue weighted by Gasteiger charge is -2.33. The first-order valence-electron chi connectivity index (χ1n) is 5.81. The van der Waals surface area contributed by atoms with Crippen molar-refractivity contribution < 1.29 is 13.5 Å². The number of nitrogens with two attached hydrogens (primary N) is 2. The van der Waals surface area contributed by atoms with Crippen LogP contribution in [0.2, 0.25) is 5.02 Å². The Bertz CT molecular complexity index is 566. The molecule has 4 nitrogen and oxygen atoms in total. The van der Waals surface area contributed by atoms with Gasteiger partial charge in [0.1, 0.15) is 6.10 Å². The van der Waals surface area contributed by atoms with E-state index in [1.165, 1.54) is 12.1 Å². The molecule has 1 aromatic rings. The number of alkyl halides is 2. The molecule has 0 radical (unpaired) electrons. The summed E-state index contributed by atoms with van der Waals surface area (Å²) in [5.41, 5.74) is 10.0. The second-order valence-corrected chi connectivity index (χ2v) is 5.22. The summed E-state index contributed by atoms with van der Waals surface area (Å²) in [6.07, 6.45) is -2.56. The van der Waals surface area contributed by atoms with Crippen molar-refractivity contribution >= 4 is 23.3 Å². The van der Waals surface area contributed by atoms with Crippen LogP contribution in [0.15, 0.2) is 23.2 Å². The topological polar surface area (TPSA) is 73.6 Å². The van der Waals surface area contributed by atoms with Gasteiger partial charge in [0.05, 0.1) is 0 Å². The lowest BCUT2D eigenvalue weighted by Crippen LogP contribution is -2.43. The molecule has 0 spiro atoms. The average molecular weight is 288 g/mol. The van der Waals surface area contributed by atoms with Gasteiger partial charge in [-0.2, -0.15) is 0 Å². The van der Waals surface area contributed by atoms with Gasteiger partial charge in [-0.05, 0) is 24.6 Å². The van der Waals surface area contributed by atoms with Crippen molar-refractivity contribution in [1.29, 1.82) is 0 Å². The lowest BCUT2D eigenvalue weighted by molar-refractivity contribution is 0.0197. The number of nitrogen functional groups attached to an aromatic ring is 1. The standard InChI is InChI=1S/C12H12ClF2N3O/c13-8-2-1-5(16)3-6(8)12(10(14)15)7-4-9(7)19-11(17)18-12/h1-3,7,9-10H,4,16H2,(H2,17,18)/t7-,9?,12+/m0/s1. The molecule has 0 aromatic heterocycles. The van der Waals surface area contributed by atoms with Crippen LogP contribution in [0.25, 0.3) is 0 Å². The van der Waals surface area contributed by atoms with E-state index < -0.39 is 17.9 Å². The van der Waals surface area contributed by atoms with Gasteiger partial charge >= 0.3 is 0 Å². The summed E-state index contributed by atoms with van der Waals surface area (Å²) in [6, 6.07) is 4.26. The zero-order chi connectivity index (χ0) is 13.8. The fourth-order valence-corrected chi connectivity index (χ4v) is 2.92. The minimum atomic E-state index is -2.73. The molecule has 0 saturated heterocycles. The predicted molar refractivity (Wildman–Crippen MR) is 68.1 cm³/mol. The summed E-state index contributed by atoms with van der Waals surface area (Å²) >= 11 is 6.05. The third-order valence-corrected chi connectivity index (χ3v) is 3.95. The number of amidine groups is 1. The van der Waals surface area contributed by atoms with Crippen LogP contribution in [-0.4, -0.2) is 18.6 Å². The summed E-state index contributed by atoms with van der Waals surface area (Å²) in [4.78, 5) is 3.89. The number of halogens is 3. The molecule has 102 valence electrons. The molecule has 4 N–H and O–H groups in total. The van der Waals surface area contributed by atoms with Gasteiger partial charge in [-0.1, -0.05) is 11.6 Å². The molecule has 0 bridgehead atoms. The number of ether oxygens (including phenoxy) is 1. The fourth-order valence-electron chi connectivity index (χ4n) is 2.65. The van der Waals surface area contributed by atoms with E-state index in [0.717, 1.165) is 0 Å². The highest BCUT2D eigenvalue weighted by molar-refractivity contribution is 6.31. The minimum Gasteiger partial charge on any atom is -0.462 e. The summed E-state index contributed by atoms with van der Waals surface area (Å²) in [6.45, 7) is 0. The molecule has 1 aliphatic carbocycles. The van der Waals surface area contributed by atoms with Gasteiger partial charge in [-0.15, -0.1) is 0 Å². The number of anilines is 1. The number of benzene rings is 1. The Labute approximate surface area is 113 Å². The van der Waals surface area contributed by atoms with Crippen LogP contribution < -0.4 is 11.5 Å². The largest absolute Gasteiger partial charge is 0.462 e. The monoisotopic (exact) mass is 287 g/mol. The highest BCUT2D eigenvalue weighted by atomic mass is 35.5. The maximum absolute atomic E-state index is 13.7. The van der Waals surface area contributed by atoms with E-state index in [9.17, 15) is 8.78 Å². The number of nitrogens with zero attached hydrogens (tertiary/aromatic N) is 1. The molecule has 1 aliphatic heterocycles. The number of aliphatic imine (C=N–C) groups is 1. The molecule has 1 heterocycles. The number of hydrogen-bond acceptors (Lipinski definition) is 4. The molecule has 7 heteroatoms. The SMILES string of the molecule is NC1=N[C@@](c2cc(N)ccc2Cl)(C(F)F)[C@H]2CC2O1. The van der Waals surface area contributed by atoms with E-state index in [1.807, 2.05) is 0 Å². The van der Waals surface area contributed by atoms with Gasteiger partial charge in [-0.25, -0.2) is 13.8 Å². The van der Waals surface area contributed by atoms with Crippen molar-refractivity contribution in [3.05, 3.63) is 28.8 Å². The number of hydrogen-bond donors (Lipinski definition) is 2. The summed E-state index contributed by atoms with van der Waals surface area (Å²) in [5, 5.41) is 0.207. The van der Waals surface area contributed by atoms with E-state index in [1.54, 1.807) is 6.07 Å². The highest BCUT2D eigenvalue weighted by Gasteiger charge is 2.64. The molecule has 3 rings (SSSR count). The van der Waals surface area contributed by atoms with Crippen molar-refractivity contribution in [3.63, 3.8) is 0 Å². The molecular weight excluding hydrogens is 276 g/mol. The Morgan fingerprint density at radius 3 is 2.84 bits per heavy atom. The summed E-state index contributed by atoms with van der Waals surface area (Å²) in [7, 11) is 0. The molecule has 19 heavy (non-hydrogen) atoms. The normalized spacial score (nSPS) is 32.5. The van der Waals surface area contributed by atoms with Crippen molar-refractivity contribution in [2.24, 2.45) is 16.6 Å². The van der Waals surface area contributed by atoms with Crippen LogP contribution in [0.1, 0.15) is 12.0 Å². The van der Waals surface area contributed by atoms with E-state index in [4.69, 9.17) is 27.8 Å². The van der Waals surface area contributed by atoms with Crippen molar-refractivity contribution in [2.75, 3.05) is 5.73 Å². The second kappa shape index (κ2) is 3.96. The number of fused-ring (bicyclic) bond motifs is 1. The van der Waals surface area contributed by atoms with Crippen molar-refractivity contribution in [1.82, 2.24) is 0 Å². The van der Waals surface area contributed by atoms with Crippen LogP contribution in [0.5, 0.6) is 0 Å². The van der Waals surface area contributed by atoms with Crippen LogP contribution in [0.4, 0.5) is 14.5 Å². The van der Waals surface area contributed by atoms with Gasteiger partial charge in [0.25, 0.3) is 12.4 Å². The second-order valence-electron chi connectivity index (χ2n) is 4.81. The molecule has 1 aromatic carbocycles. The van der Waals surface area contributed by atoms with Crippen LogP contribution >= 0.6 is 11.6 Å². The Hall–Kier alpha value is -1.56. The van der Waals surface area contributed by atoms with E-state index in [2.05, 4.69) is 4.99 Å². The van der Waals surface area contributed by atoms with Crippen LogP contribution in [0, 0.1) is 5.92 Å². The summed E-state index contributed by atoms with van der Waals surface area (Å²) < 4.78 is 32.6. The van der Waals surface area contributed by atoms with E-state index >= 15 is 0 Å². The Morgan fingerprint density at radius 1 is 1.42 bits per heavy atom. The van der Waals surface area contributed by atoms with Gasteiger partial charge < -0.3 is 16.2 Å². The van der Waals surface area contributed by atoms with Gasteiger partial charge in [0.2, 0.25) is 0 Å². The molecule has 3 atom stereocenters. The lowest BCUT2D eigenvalue weighted by atomic mass is 9.85. The van der Waals surface area contributed by atoms with Crippen molar-refractivity contribution in [2.45, 2.75) is 24.5 Å². The third-order valence-electron chi connectivity index (χ3n) is 3.62. The van der Waals surface area contributed by atoms with Gasteiger partial charge in [0, 0.05) is 22.2 Å². The maximum atomic E-state index is 13.7. The Kier molecular flexibility index (Phi) is 2.60. The first-order valence-corrected chi connectivity index (χ1v) is 6.18. The first kappa shape index (κ1) is 12.5. The zero-order valence-electron chi connectivity index (χ0n) is 9.82. The predicted octanol–water partition coefficient (Wildman–Crippen LogP) is 2.12. The van der Waals surface area contributed by atoms with Crippen LogP contribution in [-0.2, 0) is 10.3 Å². The molecule has 1 fully saturated rings. The average Bonchev–Trinajstić information content (AvgIpc) is 3.10. The first-order chi connectivity index (χ1) is 8.95. The van der Waals surface area contributed by atoms with Crippen LogP contribution in [0.3, 0.4) is 0 Å².